The predicted octanol–water partition coefficient (Wildman–Crippen LogP) is 2.48. The lowest BCUT2D eigenvalue weighted by Crippen LogP contribution is -2.24. The van der Waals surface area contributed by atoms with E-state index in [1.807, 2.05) is 36.4 Å². The summed E-state index contributed by atoms with van der Waals surface area (Å²) in [4.78, 5) is 15.5. The molecule has 0 saturated carbocycles. The first-order valence-corrected chi connectivity index (χ1v) is 6.96. The molecule has 1 amide bonds. The van der Waals surface area contributed by atoms with Gasteiger partial charge in [-0.2, -0.15) is 5.26 Å². The van der Waals surface area contributed by atoms with E-state index in [-0.39, 0.29) is 12.4 Å². The lowest BCUT2D eigenvalue weighted by molar-refractivity contribution is 0.141. The van der Waals surface area contributed by atoms with Gasteiger partial charge in [-0.1, -0.05) is 42.5 Å². The second kappa shape index (κ2) is 8.20. The summed E-state index contributed by atoms with van der Waals surface area (Å²) in [6.45, 7) is 0.531. The van der Waals surface area contributed by atoms with Crippen LogP contribution in [-0.4, -0.2) is 17.6 Å². The maximum absolute atomic E-state index is 11.5. The van der Waals surface area contributed by atoms with Crippen LogP contribution in [0, 0.1) is 11.3 Å². The van der Waals surface area contributed by atoms with Crippen molar-refractivity contribution in [3.8, 4) is 6.07 Å². The van der Waals surface area contributed by atoms with Gasteiger partial charge in [-0.3, -0.25) is 0 Å². The van der Waals surface area contributed by atoms with Crippen molar-refractivity contribution in [2.24, 2.45) is 0 Å². The number of pyridine rings is 1. The Labute approximate surface area is 134 Å². The van der Waals surface area contributed by atoms with Gasteiger partial charge in [-0.15, -0.1) is 0 Å². The fourth-order valence-corrected chi connectivity index (χ4v) is 1.78. The van der Waals surface area contributed by atoms with E-state index in [1.165, 1.54) is 0 Å². The second-order valence-corrected chi connectivity index (χ2v) is 4.66. The maximum atomic E-state index is 11.5. The van der Waals surface area contributed by atoms with Crippen LogP contribution in [0.1, 0.15) is 16.7 Å². The van der Waals surface area contributed by atoms with E-state index in [9.17, 15) is 4.79 Å². The van der Waals surface area contributed by atoms with Gasteiger partial charge in [0.15, 0.2) is 0 Å². The molecule has 0 fully saturated rings. The normalized spacial score (nSPS) is 10.2. The summed E-state index contributed by atoms with van der Waals surface area (Å²) in [5.74, 6) is 0.201. The van der Waals surface area contributed by atoms with Gasteiger partial charge in [0.25, 0.3) is 0 Å². The van der Waals surface area contributed by atoms with Gasteiger partial charge in [0, 0.05) is 12.7 Å². The molecule has 1 heterocycles. The quantitative estimate of drug-likeness (QED) is 0.883. The number of hydrogen-bond acceptors (Lipinski definition) is 5. The molecule has 1 aromatic carbocycles. The third-order valence-corrected chi connectivity index (χ3v) is 2.95. The Kier molecular flexibility index (Phi) is 5.72. The summed E-state index contributed by atoms with van der Waals surface area (Å²) in [7, 11) is 0. The number of benzene rings is 1. The molecule has 0 unspecified atom stereocenters. The standard InChI is InChI=1S/C17H16N4O2/c18-10-15-9-14(11-21-16(15)19)7-4-8-20-17(22)23-12-13-5-2-1-3-6-13/h1-7,9,11H,8,12H2,(H2,19,21)(H,20,22). The summed E-state index contributed by atoms with van der Waals surface area (Å²) in [5.41, 5.74) is 7.52. The molecule has 0 aliphatic carbocycles. The number of anilines is 1. The molecule has 0 saturated heterocycles. The second-order valence-electron chi connectivity index (χ2n) is 4.66. The Morgan fingerprint density at radius 3 is 2.91 bits per heavy atom. The highest BCUT2D eigenvalue weighted by molar-refractivity contribution is 5.67. The number of nitrogen functional groups attached to an aromatic ring is 1. The SMILES string of the molecule is N#Cc1cc(C=CCNC(=O)OCc2ccccc2)cnc1N. The molecule has 0 aliphatic rings. The maximum Gasteiger partial charge on any atom is 0.407 e. The number of rotatable bonds is 5. The van der Waals surface area contributed by atoms with Gasteiger partial charge in [-0.05, 0) is 17.2 Å². The zero-order valence-electron chi connectivity index (χ0n) is 12.4. The molecule has 23 heavy (non-hydrogen) atoms. The van der Waals surface area contributed by atoms with Crippen molar-refractivity contribution in [2.45, 2.75) is 6.61 Å². The Morgan fingerprint density at radius 2 is 2.17 bits per heavy atom. The number of nitrogens with two attached hydrogens (primary N) is 1. The van der Waals surface area contributed by atoms with Crippen LogP contribution in [-0.2, 0) is 11.3 Å². The van der Waals surface area contributed by atoms with Crippen LogP contribution >= 0.6 is 0 Å². The van der Waals surface area contributed by atoms with E-state index in [1.54, 1.807) is 24.4 Å². The predicted molar refractivity (Wildman–Crippen MR) is 87.0 cm³/mol. The highest BCUT2D eigenvalue weighted by atomic mass is 16.5. The number of ether oxygens (including phenoxy) is 1. The van der Waals surface area contributed by atoms with Gasteiger partial charge in [0.2, 0.25) is 0 Å². The topological polar surface area (TPSA) is 101 Å². The molecule has 0 atom stereocenters. The van der Waals surface area contributed by atoms with Crippen LogP contribution in [0.3, 0.4) is 0 Å². The minimum absolute atomic E-state index is 0.201. The molecule has 6 nitrogen and oxygen atoms in total. The molecule has 6 heteroatoms. The zero-order chi connectivity index (χ0) is 16.5. The molecule has 1 aromatic heterocycles. The van der Waals surface area contributed by atoms with E-state index in [2.05, 4.69) is 10.3 Å². The Morgan fingerprint density at radius 1 is 1.39 bits per heavy atom. The molecule has 116 valence electrons. The van der Waals surface area contributed by atoms with Gasteiger partial charge < -0.3 is 15.8 Å². The fraction of sp³-hybridized carbons (Fsp3) is 0.118. The number of hydrogen-bond donors (Lipinski definition) is 2. The molecule has 0 radical (unpaired) electrons. The summed E-state index contributed by atoms with van der Waals surface area (Å²) in [5, 5.41) is 11.5. The minimum Gasteiger partial charge on any atom is -0.445 e. The molecule has 2 aromatic rings. The first-order valence-electron chi connectivity index (χ1n) is 6.96. The molecule has 0 bridgehead atoms. The number of alkyl carbamates (subject to hydrolysis) is 1. The van der Waals surface area contributed by atoms with Crippen molar-refractivity contribution >= 4 is 18.0 Å². The van der Waals surface area contributed by atoms with Crippen molar-refractivity contribution in [3.05, 3.63) is 65.4 Å². The number of nitrogens with zero attached hydrogens (tertiary/aromatic N) is 2. The monoisotopic (exact) mass is 308 g/mol. The average molecular weight is 308 g/mol. The molecule has 0 spiro atoms. The summed E-state index contributed by atoms with van der Waals surface area (Å²) in [6, 6.07) is 13.0. The smallest absolute Gasteiger partial charge is 0.407 e. The van der Waals surface area contributed by atoms with Crippen LogP contribution in [0.25, 0.3) is 6.08 Å². The fourth-order valence-electron chi connectivity index (χ4n) is 1.78. The summed E-state index contributed by atoms with van der Waals surface area (Å²) < 4.78 is 5.08. The summed E-state index contributed by atoms with van der Waals surface area (Å²) >= 11 is 0. The average Bonchev–Trinajstić information content (AvgIpc) is 2.59. The zero-order valence-corrected chi connectivity index (χ0v) is 12.4. The molecule has 0 aliphatic heterocycles. The lowest BCUT2D eigenvalue weighted by Gasteiger charge is -2.05. The van der Waals surface area contributed by atoms with Crippen molar-refractivity contribution in [1.29, 1.82) is 5.26 Å². The number of aromatic nitrogens is 1. The van der Waals surface area contributed by atoms with E-state index in [0.29, 0.717) is 12.1 Å². The van der Waals surface area contributed by atoms with Crippen LogP contribution in [0.4, 0.5) is 10.6 Å². The van der Waals surface area contributed by atoms with Crippen molar-refractivity contribution in [2.75, 3.05) is 12.3 Å². The molecular formula is C17H16N4O2. The van der Waals surface area contributed by atoms with Crippen LogP contribution in [0.2, 0.25) is 0 Å². The Balaban J connectivity index is 1.76. The van der Waals surface area contributed by atoms with E-state index in [4.69, 9.17) is 15.7 Å². The molecule has 2 rings (SSSR count). The lowest BCUT2D eigenvalue weighted by atomic mass is 10.2. The number of nitrogens with one attached hydrogen (secondary N) is 1. The largest absolute Gasteiger partial charge is 0.445 e. The number of carbonyl (C=O) groups excluding carboxylic acids is 1. The minimum atomic E-state index is -0.494. The van der Waals surface area contributed by atoms with Crippen LogP contribution < -0.4 is 11.1 Å². The number of amides is 1. The highest BCUT2D eigenvalue weighted by Gasteiger charge is 2.01. The number of nitriles is 1. The Hall–Kier alpha value is -3.33. The van der Waals surface area contributed by atoms with Crippen molar-refractivity contribution in [1.82, 2.24) is 10.3 Å². The van der Waals surface area contributed by atoms with Gasteiger partial charge in [0.1, 0.15) is 18.5 Å². The Bertz CT molecular complexity index is 736. The van der Waals surface area contributed by atoms with E-state index < -0.39 is 6.09 Å². The highest BCUT2D eigenvalue weighted by Crippen LogP contribution is 2.10. The van der Waals surface area contributed by atoms with Crippen LogP contribution in [0.5, 0.6) is 0 Å². The van der Waals surface area contributed by atoms with Gasteiger partial charge >= 0.3 is 6.09 Å². The molecular weight excluding hydrogens is 292 g/mol. The van der Waals surface area contributed by atoms with E-state index >= 15 is 0 Å². The first kappa shape index (κ1) is 16.0. The van der Waals surface area contributed by atoms with Crippen molar-refractivity contribution in [3.63, 3.8) is 0 Å². The summed E-state index contributed by atoms with van der Waals surface area (Å²) in [6.07, 6.45) is 4.54. The first-order chi connectivity index (χ1) is 11.2. The van der Waals surface area contributed by atoms with Crippen LogP contribution in [0.15, 0.2) is 48.7 Å². The van der Waals surface area contributed by atoms with Gasteiger partial charge in [0.05, 0.1) is 5.56 Å². The van der Waals surface area contributed by atoms with E-state index in [0.717, 1.165) is 11.1 Å². The third kappa shape index (κ3) is 5.17. The third-order valence-electron chi connectivity index (χ3n) is 2.95. The number of carbonyl (C=O) groups is 1. The van der Waals surface area contributed by atoms with Crippen molar-refractivity contribution < 1.29 is 9.53 Å². The van der Waals surface area contributed by atoms with Gasteiger partial charge in [-0.25, -0.2) is 9.78 Å². The molecule has 3 N–H and O–H groups in total.